The van der Waals surface area contributed by atoms with Crippen LogP contribution in [0.15, 0.2) is 79.2 Å². The molecule has 1 aromatic heterocycles. The summed E-state index contributed by atoms with van der Waals surface area (Å²) in [7, 11) is 0. The van der Waals surface area contributed by atoms with E-state index in [0.717, 1.165) is 11.1 Å². The number of ketones is 1. The molecule has 6 heteroatoms. The number of allylic oxidation sites excluding steroid dienone is 2. The second-order valence-electron chi connectivity index (χ2n) is 8.13. The first-order chi connectivity index (χ1) is 14.9. The lowest BCUT2D eigenvalue weighted by Crippen LogP contribution is -2.50. The van der Waals surface area contributed by atoms with E-state index in [-0.39, 0.29) is 24.5 Å². The number of carbonyl (C=O) groups is 2. The molecule has 3 rings (SSSR count). The summed E-state index contributed by atoms with van der Waals surface area (Å²) < 4.78 is 0. The van der Waals surface area contributed by atoms with Gasteiger partial charge in [-0.1, -0.05) is 67.6 Å². The van der Waals surface area contributed by atoms with Crippen LogP contribution in [0.1, 0.15) is 30.9 Å². The van der Waals surface area contributed by atoms with Crippen molar-refractivity contribution in [2.75, 3.05) is 0 Å². The van der Waals surface area contributed by atoms with Crippen molar-refractivity contribution in [2.24, 2.45) is 17.6 Å². The first kappa shape index (κ1) is 22.6. The van der Waals surface area contributed by atoms with Crippen LogP contribution in [-0.4, -0.2) is 27.9 Å². The molecule has 0 fully saturated rings. The molecule has 4 atom stereocenters. The van der Waals surface area contributed by atoms with Crippen LogP contribution in [0.5, 0.6) is 0 Å². The molecule has 6 nitrogen and oxygen atoms in total. The Morgan fingerprint density at radius 2 is 1.97 bits per heavy atom. The van der Waals surface area contributed by atoms with Crippen LogP contribution < -0.4 is 11.1 Å². The number of carboxylic acid groups (broad SMARTS) is 1. The largest absolute Gasteiger partial charge is 0.480 e. The number of hydrogen-bond donors (Lipinski definition) is 3. The molecular weight excluding hydrogens is 390 g/mol. The van der Waals surface area contributed by atoms with Crippen LogP contribution in [0.2, 0.25) is 0 Å². The predicted molar refractivity (Wildman–Crippen MR) is 120 cm³/mol. The Labute approximate surface area is 182 Å². The number of rotatable bonds is 10. The number of carbonyl (C=O) groups excluding carboxylic acids is 1. The molecule has 4 N–H and O–H groups in total. The van der Waals surface area contributed by atoms with Gasteiger partial charge in [0.2, 0.25) is 0 Å². The predicted octanol–water partition coefficient (Wildman–Crippen LogP) is 3.21. The van der Waals surface area contributed by atoms with Crippen molar-refractivity contribution >= 4 is 11.8 Å². The summed E-state index contributed by atoms with van der Waals surface area (Å²) >= 11 is 0. The highest BCUT2D eigenvalue weighted by Crippen LogP contribution is 2.37. The third-order valence-corrected chi connectivity index (χ3v) is 5.69. The van der Waals surface area contributed by atoms with Crippen LogP contribution in [0.3, 0.4) is 0 Å². The van der Waals surface area contributed by atoms with Gasteiger partial charge in [-0.2, -0.15) is 0 Å². The van der Waals surface area contributed by atoms with E-state index in [1.165, 1.54) is 0 Å². The minimum absolute atomic E-state index is 0.0493. The van der Waals surface area contributed by atoms with Crippen molar-refractivity contribution in [3.05, 3.63) is 90.3 Å². The Bertz CT molecular complexity index is 943. The number of aromatic nitrogens is 1. The van der Waals surface area contributed by atoms with Crippen LogP contribution in [-0.2, 0) is 21.7 Å². The molecule has 0 spiro atoms. The lowest BCUT2D eigenvalue weighted by Gasteiger charge is -2.40. The van der Waals surface area contributed by atoms with Gasteiger partial charge in [-0.05, 0) is 29.5 Å². The molecule has 31 heavy (non-hydrogen) atoms. The maximum Gasteiger partial charge on any atom is 0.320 e. The molecule has 1 aliphatic rings. The normalized spacial score (nSPS) is 22.1. The molecule has 0 radical (unpaired) electrons. The lowest BCUT2D eigenvalue weighted by molar-refractivity contribution is -0.139. The number of pyridine rings is 1. The van der Waals surface area contributed by atoms with Crippen molar-refractivity contribution in [1.82, 2.24) is 10.3 Å². The quantitative estimate of drug-likeness (QED) is 0.546. The van der Waals surface area contributed by atoms with Gasteiger partial charge in [0.05, 0.1) is 11.5 Å². The zero-order valence-corrected chi connectivity index (χ0v) is 17.6. The van der Waals surface area contributed by atoms with E-state index in [0.29, 0.717) is 6.54 Å². The van der Waals surface area contributed by atoms with Gasteiger partial charge in [0.15, 0.2) is 0 Å². The summed E-state index contributed by atoms with van der Waals surface area (Å²) in [5.74, 6) is -1.56. The highest BCUT2D eigenvalue weighted by molar-refractivity contribution is 5.85. The van der Waals surface area contributed by atoms with Gasteiger partial charge in [0, 0.05) is 25.4 Å². The summed E-state index contributed by atoms with van der Waals surface area (Å²) in [6.45, 7) is 2.42. The fourth-order valence-electron chi connectivity index (χ4n) is 4.10. The van der Waals surface area contributed by atoms with Gasteiger partial charge in [0.25, 0.3) is 0 Å². The molecule has 4 unspecified atom stereocenters. The fraction of sp³-hybridized carbons (Fsp3) is 0.320. The Hall–Kier alpha value is -3.09. The number of carboxylic acids is 1. The Kier molecular flexibility index (Phi) is 7.50. The third-order valence-electron chi connectivity index (χ3n) is 5.69. The monoisotopic (exact) mass is 419 g/mol. The second kappa shape index (κ2) is 10.3. The number of benzene rings is 1. The van der Waals surface area contributed by atoms with Crippen molar-refractivity contribution < 1.29 is 14.7 Å². The van der Waals surface area contributed by atoms with E-state index in [4.69, 9.17) is 10.8 Å². The van der Waals surface area contributed by atoms with E-state index in [2.05, 4.69) is 10.3 Å². The number of nitrogens with two attached hydrogens (primary N) is 1. The van der Waals surface area contributed by atoms with Crippen molar-refractivity contribution in [3.63, 3.8) is 0 Å². The standard InChI is InChI=1S/C25H29N3O3/c1-18(14-22(26)24(30)31)15-23(29)21-11-5-6-12-25(21,20-9-3-2-4-10-20)28-17-19-8-7-13-27-16-19/h2-13,16,18,21-22,28H,14-15,17,26H2,1H3,(H,30,31). The average molecular weight is 420 g/mol. The van der Waals surface area contributed by atoms with Gasteiger partial charge >= 0.3 is 5.97 Å². The first-order valence-corrected chi connectivity index (χ1v) is 10.5. The maximum atomic E-state index is 13.4. The van der Waals surface area contributed by atoms with Crippen molar-refractivity contribution in [3.8, 4) is 0 Å². The molecule has 0 saturated heterocycles. The minimum Gasteiger partial charge on any atom is -0.480 e. The third kappa shape index (κ3) is 5.54. The Balaban J connectivity index is 1.86. The number of nitrogens with one attached hydrogen (secondary N) is 1. The number of aliphatic carboxylic acids is 1. The molecule has 0 amide bonds. The summed E-state index contributed by atoms with van der Waals surface area (Å²) in [5.41, 5.74) is 6.98. The van der Waals surface area contributed by atoms with Crippen molar-refractivity contribution in [1.29, 1.82) is 0 Å². The van der Waals surface area contributed by atoms with Gasteiger partial charge in [-0.3, -0.25) is 19.9 Å². The number of hydrogen-bond acceptors (Lipinski definition) is 5. The molecule has 2 aromatic rings. The molecule has 0 aliphatic heterocycles. The highest BCUT2D eigenvalue weighted by Gasteiger charge is 2.41. The van der Waals surface area contributed by atoms with E-state index < -0.39 is 23.5 Å². The minimum atomic E-state index is -1.04. The number of Topliss-reactive ketones (excluding diaryl/α,β-unsaturated/α-hetero) is 1. The van der Waals surface area contributed by atoms with Crippen molar-refractivity contribution in [2.45, 2.75) is 37.9 Å². The maximum absolute atomic E-state index is 13.4. The van der Waals surface area contributed by atoms with Gasteiger partial charge in [0.1, 0.15) is 11.8 Å². The summed E-state index contributed by atoms with van der Waals surface area (Å²) in [6.07, 6.45) is 11.9. The van der Waals surface area contributed by atoms with Crippen LogP contribution in [0.4, 0.5) is 0 Å². The van der Waals surface area contributed by atoms with Gasteiger partial charge < -0.3 is 10.8 Å². The lowest BCUT2D eigenvalue weighted by atomic mass is 9.71. The summed E-state index contributed by atoms with van der Waals surface area (Å²) in [5, 5.41) is 12.7. The average Bonchev–Trinajstić information content (AvgIpc) is 2.79. The molecule has 1 aliphatic carbocycles. The summed E-state index contributed by atoms with van der Waals surface area (Å²) in [4.78, 5) is 28.7. The smallest absolute Gasteiger partial charge is 0.320 e. The Morgan fingerprint density at radius 3 is 2.65 bits per heavy atom. The zero-order chi connectivity index (χ0) is 22.3. The topological polar surface area (TPSA) is 105 Å². The van der Waals surface area contributed by atoms with E-state index in [1.807, 2.05) is 73.7 Å². The van der Waals surface area contributed by atoms with E-state index >= 15 is 0 Å². The van der Waals surface area contributed by atoms with E-state index in [1.54, 1.807) is 12.4 Å². The Morgan fingerprint density at radius 1 is 1.19 bits per heavy atom. The molecule has 1 aromatic carbocycles. The molecule has 0 bridgehead atoms. The fourth-order valence-corrected chi connectivity index (χ4v) is 4.10. The highest BCUT2D eigenvalue weighted by atomic mass is 16.4. The second-order valence-corrected chi connectivity index (χ2v) is 8.13. The van der Waals surface area contributed by atoms with Gasteiger partial charge in [-0.15, -0.1) is 0 Å². The van der Waals surface area contributed by atoms with Gasteiger partial charge in [-0.25, -0.2) is 0 Å². The zero-order valence-electron chi connectivity index (χ0n) is 17.6. The van der Waals surface area contributed by atoms with Crippen LogP contribution in [0, 0.1) is 11.8 Å². The van der Waals surface area contributed by atoms with E-state index in [9.17, 15) is 9.59 Å². The van der Waals surface area contributed by atoms with Crippen LogP contribution >= 0.6 is 0 Å². The number of nitrogens with zero attached hydrogens (tertiary/aromatic N) is 1. The molecular formula is C25H29N3O3. The summed E-state index contributed by atoms with van der Waals surface area (Å²) in [6, 6.07) is 12.8. The SMILES string of the molecule is CC(CC(=O)C1C=CC=CC1(NCc1cccnc1)c1ccccc1)CC(N)C(=O)O. The molecule has 1 heterocycles. The molecule has 0 saturated carbocycles. The first-order valence-electron chi connectivity index (χ1n) is 10.5. The van der Waals surface area contributed by atoms with Crippen LogP contribution in [0.25, 0.3) is 0 Å². The molecule has 162 valence electrons.